The quantitative estimate of drug-likeness (QED) is 0.453. The Kier molecular flexibility index (Phi) is 6.49. The molecule has 0 aromatic heterocycles. The number of nitrogens with zero attached hydrogens (tertiary/aromatic N) is 3. The van der Waals surface area contributed by atoms with Crippen molar-refractivity contribution in [1.82, 2.24) is 5.01 Å². The van der Waals surface area contributed by atoms with Crippen LogP contribution >= 0.6 is 11.8 Å². The molecule has 0 fully saturated rings. The van der Waals surface area contributed by atoms with Gasteiger partial charge in [-0.05, 0) is 41.5 Å². The molecule has 1 N–H and O–H groups in total. The van der Waals surface area contributed by atoms with Crippen molar-refractivity contribution >= 4 is 59.1 Å². The van der Waals surface area contributed by atoms with Crippen molar-refractivity contribution in [1.29, 1.82) is 5.41 Å². The highest BCUT2D eigenvalue weighted by molar-refractivity contribution is 8.42. The lowest BCUT2D eigenvalue weighted by Gasteiger charge is -2.20. The summed E-state index contributed by atoms with van der Waals surface area (Å²) in [7, 11) is -6.14. The number of hydrogen-bond donors (Lipinski definition) is 1. The van der Waals surface area contributed by atoms with E-state index in [-0.39, 0.29) is 44.1 Å². The Morgan fingerprint density at radius 1 is 1.22 bits per heavy atom. The molecule has 32 heavy (non-hydrogen) atoms. The van der Waals surface area contributed by atoms with Gasteiger partial charge in [0.05, 0.1) is 24.7 Å². The first-order valence-corrected chi connectivity index (χ1v) is 13.4. The standard InChI is InChI=1S/C18H20N4O7S3/c1-10(2)9-32(26,27)18-21-22-15(19)12(16(23)20-17(22)30-18)7-11-5-6-13(14(8-11)28-3)29-31(4,24)25/h5-8,10,19H,9H2,1-4H3/b12-7-,19-15?. The van der Waals surface area contributed by atoms with Crippen molar-refractivity contribution in [2.45, 2.75) is 13.8 Å². The number of carbonyl (C=O) groups excluding carboxylic acids is 1. The molecule has 2 aliphatic rings. The molecule has 0 atom stereocenters. The van der Waals surface area contributed by atoms with Crippen LogP contribution in [0.25, 0.3) is 6.08 Å². The second kappa shape index (κ2) is 8.67. The molecule has 172 valence electrons. The van der Waals surface area contributed by atoms with Gasteiger partial charge in [-0.25, -0.2) is 8.42 Å². The lowest BCUT2D eigenvalue weighted by atomic mass is 10.1. The third-order valence-electron chi connectivity index (χ3n) is 3.99. The van der Waals surface area contributed by atoms with E-state index < -0.39 is 25.9 Å². The molecular formula is C18H20N4O7S3. The second-order valence-electron chi connectivity index (χ2n) is 7.26. The van der Waals surface area contributed by atoms with Crippen LogP contribution in [0.5, 0.6) is 11.5 Å². The molecule has 3 rings (SSSR count). The maximum atomic E-state index is 12.5. The fourth-order valence-electron chi connectivity index (χ4n) is 2.78. The topological polar surface area (TPSA) is 156 Å². The first kappa shape index (κ1) is 23.9. The highest BCUT2D eigenvalue weighted by atomic mass is 32.3. The van der Waals surface area contributed by atoms with E-state index in [0.29, 0.717) is 5.56 Å². The van der Waals surface area contributed by atoms with E-state index in [1.807, 2.05) is 0 Å². The summed E-state index contributed by atoms with van der Waals surface area (Å²) in [6.45, 7) is 3.52. The Hall–Kier alpha value is -2.71. The van der Waals surface area contributed by atoms with Crippen LogP contribution in [0.15, 0.2) is 33.9 Å². The van der Waals surface area contributed by atoms with Crippen molar-refractivity contribution < 1.29 is 30.6 Å². The average molecular weight is 501 g/mol. The summed E-state index contributed by atoms with van der Waals surface area (Å²) in [5.74, 6) is -1.25. The third kappa shape index (κ3) is 5.19. The van der Waals surface area contributed by atoms with Gasteiger partial charge in [0.2, 0.25) is 19.4 Å². The van der Waals surface area contributed by atoms with E-state index >= 15 is 0 Å². The summed E-state index contributed by atoms with van der Waals surface area (Å²) >= 11 is 0.728. The first-order chi connectivity index (χ1) is 14.8. The minimum absolute atomic E-state index is 0.00559. The van der Waals surface area contributed by atoms with Crippen molar-refractivity contribution in [2.24, 2.45) is 16.0 Å². The molecule has 1 aromatic carbocycles. The predicted octanol–water partition coefficient (Wildman–Crippen LogP) is 1.68. The summed E-state index contributed by atoms with van der Waals surface area (Å²) < 4.78 is 57.5. The Bertz CT molecular complexity index is 1300. The number of fused-ring (bicyclic) bond motifs is 1. The summed E-state index contributed by atoms with van der Waals surface area (Å²) in [4.78, 5) is 16.4. The van der Waals surface area contributed by atoms with Gasteiger partial charge >= 0.3 is 10.1 Å². The van der Waals surface area contributed by atoms with Crippen LogP contribution in [0, 0.1) is 11.3 Å². The minimum atomic E-state index is -3.78. The smallest absolute Gasteiger partial charge is 0.306 e. The van der Waals surface area contributed by atoms with Crippen LogP contribution in [0.3, 0.4) is 0 Å². The number of amides is 1. The molecule has 0 aliphatic carbocycles. The number of thioether (sulfide) groups is 1. The minimum Gasteiger partial charge on any atom is -0.493 e. The highest BCUT2D eigenvalue weighted by Crippen LogP contribution is 2.33. The van der Waals surface area contributed by atoms with E-state index in [9.17, 15) is 21.6 Å². The largest absolute Gasteiger partial charge is 0.493 e. The van der Waals surface area contributed by atoms with Crippen molar-refractivity contribution in [3.8, 4) is 11.5 Å². The number of hydrazone groups is 1. The van der Waals surface area contributed by atoms with Crippen LogP contribution in [0.2, 0.25) is 0 Å². The molecule has 1 aromatic rings. The van der Waals surface area contributed by atoms with Crippen LogP contribution in [0.4, 0.5) is 0 Å². The van der Waals surface area contributed by atoms with Gasteiger partial charge in [-0.15, -0.1) is 5.10 Å². The maximum Gasteiger partial charge on any atom is 0.306 e. The summed E-state index contributed by atoms with van der Waals surface area (Å²) in [6.07, 6.45) is 2.24. The molecular weight excluding hydrogens is 480 g/mol. The van der Waals surface area contributed by atoms with E-state index in [1.165, 1.54) is 31.4 Å². The van der Waals surface area contributed by atoms with Gasteiger partial charge in [0.15, 0.2) is 17.3 Å². The highest BCUT2D eigenvalue weighted by Gasteiger charge is 2.39. The summed E-state index contributed by atoms with van der Waals surface area (Å²) in [6, 6.07) is 4.24. The molecule has 0 radical (unpaired) electrons. The van der Waals surface area contributed by atoms with Gasteiger partial charge in [0, 0.05) is 0 Å². The zero-order chi connectivity index (χ0) is 23.8. The van der Waals surface area contributed by atoms with Gasteiger partial charge < -0.3 is 8.92 Å². The molecule has 0 saturated heterocycles. The van der Waals surface area contributed by atoms with Gasteiger partial charge in [0.1, 0.15) is 0 Å². The predicted molar refractivity (Wildman–Crippen MR) is 122 cm³/mol. The zero-order valence-electron chi connectivity index (χ0n) is 17.5. The monoisotopic (exact) mass is 500 g/mol. The molecule has 0 bridgehead atoms. The number of rotatable bonds is 6. The van der Waals surface area contributed by atoms with Gasteiger partial charge in [-0.1, -0.05) is 19.9 Å². The number of sulfone groups is 1. The number of carbonyl (C=O) groups is 1. The van der Waals surface area contributed by atoms with Gasteiger partial charge in [0.25, 0.3) is 5.91 Å². The molecule has 0 saturated carbocycles. The number of aliphatic imine (C=N–C) groups is 1. The zero-order valence-corrected chi connectivity index (χ0v) is 20.0. The lowest BCUT2D eigenvalue weighted by molar-refractivity contribution is -0.114. The fourth-order valence-corrected chi connectivity index (χ4v) is 6.03. The first-order valence-electron chi connectivity index (χ1n) is 9.11. The van der Waals surface area contributed by atoms with E-state index in [1.54, 1.807) is 13.8 Å². The van der Waals surface area contributed by atoms with Crippen molar-refractivity contribution in [2.75, 3.05) is 19.1 Å². The Balaban J connectivity index is 1.94. The Morgan fingerprint density at radius 3 is 2.50 bits per heavy atom. The number of methoxy groups -OCH3 is 1. The Morgan fingerprint density at radius 2 is 1.91 bits per heavy atom. The number of ether oxygens (including phenoxy) is 1. The van der Waals surface area contributed by atoms with Crippen LogP contribution in [0.1, 0.15) is 19.4 Å². The molecule has 0 unspecified atom stereocenters. The third-order valence-corrected chi connectivity index (χ3v) is 7.91. The molecule has 2 heterocycles. The van der Waals surface area contributed by atoms with E-state index in [0.717, 1.165) is 23.0 Å². The fraction of sp³-hybridized carbons (Fsp3) is 0.333. The SMILES string of the molecule is COc1cc(/C=C2/C(=N)N3N=C(S(=O)(=O)CC(C)C)SC3=NC2=O)ccc1OS(C)(=O)=O. The number of benzene rings is 1. The van der Waals surface area contributed by atoms with Crippen molar-refractivity contribution in [3.63, 3.8) is 0 Å². The number of nitrogens with one attached hydrogen (secondary N) is 1. The molecule has 2 aliphatic heterocycles. The van der Waals surface area contributed by atoms with E-state index in [4.69, 9.17) is 14.3 Å². The van der Waals surface area contributed by atoms with Crippen LogP contribution < -0.4 is 8.92 Å². The van der Waals surface area contributed by atoms with Gasteiger partial charge in [-0.3, -0.25) is 10.2 Å². The number of amidine groups is 2. The molecule has 0 spiro atoms. The van der Waals surface area contributed by atoms with Crippen molar-refractivity contribution in [3.05, 3.63) is 29.3 Å². The lowest BCUT2D eigenvalue weighted by Crippen LogP contribution is -2.35. The molecule has 11 nitrogen and oxygen atoms in total. The van der Waals surface area contributed by atoms with Crippen LogP contribution in [-0.4, -0.2) is 62.2 Å². The molecule has 1 amide bonds. The number of hydrogen-bond acceptors (Lipinski definition) is 10. The van der Waals surface area contributed by atoms with Crippen LogP contribution in [-0.2, 0) is 24.7 Å². The normalized spacial score (nSPS) is 18.0. The Labute approximate surface area is 189 Å². The van der Waals surface area contributed by atoms with Gasteiger partial charge in [-0.2, -0.15) is 18.4 Å². The van der Waals surface area contributed by atoms with E-state index in [2.05, 4.69) is 10.1 Å². The second-order valence-corrected chi connectivity index (χ2v) is 12.0. The maximum absolute atomic E-state index is 12.5. The average Bonchev–Trinajstić information content (AvgIpc) is 3.09. The molecule has 14 heteroatoms. The summed E-state index contributed by atoms with van der Waals surface area (Å²) in [5.41, 5.74) is 0.275. The summed E-state index contributed by atoms with van der Waals surface area (Å²) in [5, 5.41) is 13.3.